The molecule has 200 valence electrons. The average Bonchev–Trinajstić information content (AvgIpc) is 2.83. The number of esters is 4. The summed E-state index contributed by atoms with van der Waals surface area (Å²) in [7, 11) is 4.76. The van der Waals surface area contributed by atoms with E-state index in [9.17, 15) is 48.6 Å². The van der Waals surface area contributed by atoms with E-state index in [4.69, 9.17) is 10.2 Å². The first-order valence-electron chi connectivity index (χ1n) is 8.58. The molecule has 0 aromatic rings. The average molecular weight is 606 g/mol. The van der Waals surface area contributed by atoms with Gasteiger partial charge < -0.3 is 49.0 Å². The number of aliphatic carboxylic acids is 4. The molecule has 0 rings (SSSR count). The maximum Gasteiger partial charge on any atom is 2.00 e. The Morgan fingerprint density at radius 2 is 0.649 bits per heavy atom. The van der Waals surface area contributed by atoms with E-state index in [1.54, 1.807) is 0 Å². The summed E-state index contributed by atoms with van der Waals surface area (Å²) in [5.74, 6) is -7.92. The summed E-state index contributed by atoms with van der Waals surface area (Å²) in [6.07, 6.45) is 5.85. The first-order chi connectivity index (χ1) is 16.7. The molecule has 0 bridgehead atoms. The van der Waals surface area contributed by atoms with Crippen molar-refractivity contribution in [2.75, 3.05) is 28.4 Å². The van der Waals surface area contributed by atoms with Crippen LogP contribution in [0, 0.1) is 0 Å². The van der Waals surface area contributed by atoms with E-state index < -0.39 is 47.8 Å². The Balaban J connectivity index is -0.000000122. The largest absolute Gasteiger partial charge is 2.00 e. The van der Waals surface area contributed by atoms with Gasteiger partial charge in [-0.25, -0.2) is 28.8 Å². The second-order valence-electron chi connectivity index (χ2n) is 4.74. The Morgan fingerprint density at radius 1 is 0.459 bits per heavy atom. The van der Waals surface area contributed by atoms with Crippen molar-refractivity contribution >= 4 is 93.2 Å². The smallest absolute Gasteiger partial charge is 0.545 e. The standard InChI is InChI=1S/C6H8O4.2C5H6O4.C4H4O4.Sr/c1-9-5(7)3-4-6(8)10-2;2*1-9-5(8)3-2-4(6)7;5-3(6)1-2-4(7)8;/h3-4H,1-2H3;2*2-3H,1H3,(H,6,7);1-2H,(H,5,6)(H,7,8);/q;;;;+2/p-2/b4-3+;2*3-2+;2-1+;. The predicted octanol–water partition coefficient (Wildman–Crippen LogP) is -3.85. The summed E-state index contributed by atoms with van der Waals surface area (Å²) in [6, 6.07) is 0. The number of methoxy groups -OCH3 is 4. The van der Waals surface area contributed by atoms with E-state index >= 15 is 0 Å². The van der Waals surface area contributed by atoms with Gasteiger partial charge in [-0.15, -0.1) is 0 Å². The third kappa shape index (κ3) is 50.1. The molecule has 0 aliphatic carbocycles. The summed E-state index contributed by atoms with van der Waals surface area (Å²) in [5.41, 5.74) is 0. The molecule has 0 fully saturated rings. The van der Waals surface area contributed by atoms with Gasteiger partial charge in [0.15, 0.2) is 0 Å². The molecule has 17 heteroatoms. The number of hydrogen-bond acceptors (Lipinski definition) is 14. The van der Waals surface area contributed by atoms with Crippen LogP contribution in [0.5, 0.6) is 0 Å². The number of hydrogen-bond donors (Lipinski definition) is 2. The third-order valence-electron chi connectivity index (χ3n) is 2.24. The number of ether oxygens (including phenoxy) is 4. The fourth-order valence-electron chi connectivity index (χ4n) is 0.823. The molecule has 0 spiro atoms. The van der Waals surface area contributed by atoms with E-state index in [0.717, 1.165) is 38.5 Å². The summed E-state index contributed by atoms with van der Waals surface area (Å²) >= 11 is 0. The molecule has 0 aliphatic heterocycles. The van der Waals surface area contributed by atoms with E-state index in [1.165, 1.54) is 14.2 Å². The van der Waals surface area contributed by atoms with Crippen LogP contribution in [0.4, 0.5) is 0 Å². The zero-order valence-corrected chi connectivity index (χ0v) is 23.4. The fourth-order valence-corrected chi connectivity index (χ4v) is 0.823. The first-order valence-corrected chi connectivity index (χ1v) is 8.58. The molecule has 0 aromatic carbocycles. The first kappa shape index (κ1) is 43.3. The van der Waals surface area contributed by atoms with Gasteiger partial charge in [0.2, 0.25) is 0 Å². The zero-order chi connectivity index (χ0) is 29.1. The molecule has 0 heterocycles. The van der Waals surface area contributed by atoms with Crippen molar-refractivity contribution in [1.29, 1.82) is 0 Å². The maximum atomic E-state index is 10.3. The van der Waals surface area contributed by atoms with Crippen molar-refractivity contribution < 1.29 is 77.7 Å². The molecule has 0 aromatic heterocycles. The van der Waals surface area contributed by atoms with Crippen LogP contribution in [0.2, 0.25) is 0 Å². The Bertz CT molecular complexity index is 813. The zero-order valence-electron chi connectivity index (χ0n) is 19.9. The van der Waals surface area contributed by atoms with Gasteiger partial charge in [-0.05, 0) is 12.2 Å². The molecule has 0 saturated carbocycles. The van der Waals surface area contributed by atoms with Gasteiger partial charge in [0.1, 0.15) is 0 Å². The summed E-state index contributed by atoms with van der Waals surface area (Å²) in [4.78, 5) is 79.2. The molecular weight excluding hydrogens is 584 g/mol. The van der Waals surface area contributed by atoms with Crippen molar-refractivity contribution in [3.63, 3.8) is 0 Å². The van der Waals surface area contributed by atoms with Crippen molar-refractivity contribution in [2.24, 2.45) is 0 Å². The van der Waals surface area contributed by atoms with Gasteiger partial charge >= 0.3 is 81.3 Å². The number of carboxylic acids is 4. The van der Waals surface area contributed by atoms with Crippen LogP contribution >= 0.6 is 0 Å². The van der Waals surface area contributed by atoms with E-state index in [1.807, 2.05) is 0 Å². The van der Waals surface area contributed by atoms with E-state index in [0.29, 0.717) is 24.3 Å². The summed E-state index contributed by atoms with van der Waals surface area (Å²) in [5, 5.41) is 34.9. The SMILES string of the molecule is COC(=O)/C=C/C(=O)OC.COC(=O)/C=C/C(=O)[O-].COC(=O)/C=C/C(=O)[O-].O=C(O)/C=C/C(=O)O.[Sr+2]. The van der Waals surface area contributed by atoms with Gasteiger partial charge in [-0.2, -0.15) is 0 Å². The summed E-state index contributed by atoms with van der Waals surface area (Å²) in [6.45, 7) is 0. The van der Waals surface area contributed by atoms with Crippen LogP contribution in [0.1, 0.15) is 0 Å². The quantitative estimate of drug-likeness (QED) is 0.116. The second-order valence-corrected chi connectivity index (χ2v) is 4.74. The minimum Gasteiger partial charge on any atom is -0.545 e. The maximum absolute atomic E-state index is 10.3. The topological polar surface area (TPSA) is 260 Å². The van der Waals surface area contributed by atoms with Gasteiger partial charge in [0, 0.05) is 36.5 Å². The third-order valence-corrected chi connectivity index (χ3v) is 2.24. The minimum absolute atomic E-state index is 0. The van der Waals surface area contributed by atoms with Crippen LogP contribution in [-0.4, -0.2) is 132 Å². The normalized spacial score (nSPS) is 9.19. The fraction of sp³-hybridized carbons (Fsp3) is 0.200. The molecule has 0 atom stereocenters. The van der Waals surface area contributed by atoms with Crippen LogP contribution in [0.3, 0.4) is 0 Å². The van der Waals surface area contributed by atoms with Gasteiger partial charge in [-0.1, -0.05) is 0 Å². The summed E-state index contributed by atoms with van der Waals surface area (Å²) < 4.78 is 16.6. The Morgan fingerprint density at radius 3 is 0.784 bits per heavy atom. The van der Waals surface area contributed by atoms with Crippen molar-refractivity contribution in [3.8, 4) is 0 Å². The van der Waals surface area contributed by atoms with Crippen molar-refractivity contribution in [3.05, 3.63) is 48.6 Å². The van der Waals surface area contributed by atoms with Gasteiger partial charge in [-0.3, -0.25) is 0 Å². The van der Waals surface area contributed by atoms with Crippen LogP contribution in [-0.2, 0) is 57.3 Å². The van der Waals surface area contributed by atoms with E-state index in [-0.39, 0.29) is 45.5 Å². The second kappa shape index (κ2) is 30.2. The van der Waals surface area contributed by atoms with Crippen LogP contribution < -0.4 is 10.2 Å². The van der Waals surface area contributed by atoms with Crippen LogP contribution in [0.15, 0.2) is 48.6 Å². The number of carbonyl (C=O) groups is 8. The molecule has 0 amide bonds. The molecule has 0 aliphatic rings. The Labute approximate surface area is 246 Å². The molecule has 37 heavy (non-hydrogen) atoms. The Kier molecular flexibility index (Phi) is 35.4. The molecule has 0 unspecified atom stereocenters. The van der Waals surface area contributed by atoms with Gasteiger partial charge in [0.05, 0.1) is 40.4 Å². The Hall–Kier alpha value is -3.80. The monoisotopic (exact) mass is 606 g/mol. The van der Waals surface area contributed by atoms with Crippen LogP contribution in [0.25, 0.3) is 0 Å². The van der Waals surface area contributed by atoms with E-state index in [2.05, 4.69) is 18.9 Å². The molecule has 2 N–H and O–H groups in total. The molecule has 0 saturated heterocycles. The molecular formula is C20H22O16Sr. The van der Waals surface area contributed by atoms with Gasteiger partial charge in [0.25, 0.3) is 0 Å². The van der Waals surface area contributed by atoms with Crippen molar-refractivity contribution in [1.82, 2.24) is 0 Å². The predicted molar refractivity (Wildman–Crippen MR) is 116 cm³/mol. The number of rotatable bonds is 8. The number of carboxylic acid groups (broad SMARTS) is 4. The molecule has 0 radical (unpaired) electrons. The van der Waals surface area contributed by atoms with Crippen molar-refractivity contribution in [2.45, 2.75) is 0 Å². The molecule has 16 nitrogen and oxygen atoms in total. The number of carbonyl (C=O) groups excluding carboxylic acids is 6. The minimum atomic E-state index is -1.42.